The zero-order valence-corrected chi connectivity index (χ0v) is 13.4. The summed E-state index contributed by atoms with van der Waals surface area (Å²) in [6, 6.07) is 4.56. The summed E-state index contributed by atoms with van der Waals surface area (Å²) in [7, 11) is 0. The van der Waals surface area contributed by atoms with E-state index in [1.165, 1.54) is 18.2 Å². The van der Waals surface area contributed by atoms with Crippen LogP contribution in [-0.2, 0) is 4.79 Å². The van der Waals surface area contributed by atoms with Crippen LogP contribution in [0.4, 0.5) is 5.69 Å². The Balaban J connectivity index is 1.78. The fourth-order valence-corrected chi connectivity index (χ4v) is 2.74. The van der Waals surface area contributed by atoms with Crippen molar-refractivity contribution in [1.29, 1.82) is 0 Å². The highest BCUT2D eigenvalue weighted by Gasteiger charge is 2.20. The monoisotopic (exact) mass is 341 g/mol. The molecule has 7 nitrogen and oxygen atoms in total. The second kappa shape index (κ2) is 8.12. The molecule has 0 atom stereocenters. The van der Waals surface area contributed by atoms with Gasteiger partial charge in [0.25, 0.3) is 0 Å². The molecule has 0 bridgehead atoms. The number of ether oxygens (including phenoxy) is 1. The zero-order valence-electron chi connectivity index (χ0n) is 12.7. The number of halogens is 1. The number of hydrogen-bond donors (Lipinski definition) is 2. The molecule has 1 amide bonds. The average molecular weight is 342 g/mol. The Morgan fingerprint density at radius 1 is 1.39 bits per heavy atom. The SMILES string of the molecule is NC1CCC(NC(=O)CCOc2ccc(Cl)cc2[N+](=O)[O-])CC1. The molecule has 1 saturated carbocycles. The molecule has 0 saturated heterocycles. The van der Waals surface area contributed by atoms with E-state index in [2.05, 4.69) is 5.32 Å². The summed E-state index contributed by atoms with van der Waals surface area (Å²) in [5.74, 6) is -0.0158. The number of nitro benzene ring substituents is 1. The molecule has 1 aliphatic carbocycles. The van der Waals surface area contributed by atoms with Crippen LogP contribution < -0.4 is 15.8 Å². The molecule has 126 valence electrons. The van der Waals surface area contributed by atoms with Crippen LogP contribution in [-0.4, -0.2) is 29.5 Å². The number of carbonyl (C=O) groups excluding carboxylic acids is 1. The second-order valence-corrected chi connectivity index (χ2v) is 6.08. The number of nitro groups is 1. The fraction of sp³-hybridized carbons (Fsp3) is 0.533. The van der Waals surface area contributed by atoms with Gasteiger partial charge in [-0.3, -0.25) is 14.9 Å². The highest BCUT2D eigenvalue weighted by molar-refractivity contribution is 6.30. The number of nitrogens with zero attached hydrogens (tertiary/aromatic N) is 1. The fourth-order valence-electron chi connectivity index (χ4n) is 2.57. The van der Waals surface area contributed by atoms with E-state index in [1.54, 1.807) is 0 Å². The maximum absolute atomic E-state index is 11.9. The highest BCUT2D eigenvalue weighted by atomic mass is 35.5. The van der Waals surface area contributed by atoms with Crippen LogP contribution in [0.5, 0.6) is 5.75 Å². The van der Waals surface area contributed by atoms with E-state index in [1.807, 2.05) is 0 Å². The lowest BCUT2D eigenvalue weighted by Gasteiger charge is -2.26. The van der Waals surface area contributed by atoms with Gasteiger partial charge >= 0.3 is 5.69 Å². The van der Waals surface area contributed by atoms with Crippen molar-refractivity contribution in [2.45, 2.75) is 44.2 Å². The van der Waals surface area contributed by atoms with Gasteiger partial charge in [0.2, 0.25) is 5.91 Å². The van der Waals surface area contributed by atoms with Crippen molar-refractivity contribution in [1.82, 2.24) is 5.32 Å². The molecule has 0 radical (unpaired) electrons. The lowest BCUT2D eigenvalue weighted by atomic mass is 9.92. The third-order valence-corrected chi connectivity index (χ3v) is 4.08. The standard InChI is InChI=1S/C15H20ClN3O4/c16-10-1-6-14(13(9-10)19(21)22)23-8-7-15(20)18-12-4-2-11(17)3-5-12/h1,6,9,11-12H,2-5,7-8,17H2,(H,18,20). The van der Waals surface area contributed by atoms with Crippen LogP contribution >= 0.6 is 11.6 Å². The summed E-state index contributed by atoms with van der Waals surface area (Å²) in [5.41, 5.74) is 5.62. The lowest BCUT2D eigenvalue weighted by Crippen LogP contribution is -2.40. The van der Waals surface area contributed by atoms with Gasteiger partial charge < -0.3 is 15.8 Å². The zero-order chi connectivity index (χ0) is 16.8. The van der Waals surface area contributed by atoms with Gasteiger partial charge in [-0.1, -0.05) is 11.6 Å². The molecule has 2 rings (SSSR count). The number of amides is 1. The van der Waals surface area contributed by atoms with Gasteiger partial charge in [-0.05, 0) is 37.8 Å². The predicted molar refractivity (Wildman–Crippen MR) is 86.6 cm³/mol. The van der Waals surface area contributed by atoms with Crippen molar-refractivity contribution in [3.63, 3.8) is 0 Å². The molecule has 1 fully saturated rings. The summed E-state index contributed by atoms with van der Waals surface area (Å²) in [6.45, 7) is 0.0700. The van der Waals surface area contributed by atoms with Crippen molar-refractivity contribution in [3.8, 4) is 5.75 Å². The lowest BCUT2D eigenvalue weighted by molar-refractivity contribution is -0.385. The first-order chi connectivity index (χ1) is 11.0. The third kappa shape index (κ3) is 5.37. The maximum Gasteiger partial charge on any atom is 0.312 e. The molecule has 0 aromatic heterocycles. The molecule has 1 aliphatic rings. The van der Waals surface area contributed by atoms with E-state index >= 15 is 0 Å². The minimum absolute atomic E-state index is 0.0700. The van der Waals surface area contributed by atoms with Crippen LogP contribution in [0.2, 0.25) is 5.02 Å². The first kappa shape index (κ1) is 17.5. The summed E-state index contributed by atoms with van der Waals surface area (Å²) in [6.07, 6.45) is 3.74. The Hall–Kier alpha value is -1.86. The smallest absolute Gasteiger partial charge is 0.312 e. The van der Waals surface area contributed by atoms with Crippen molar-refractivity contribution in [3.05, 3.63) is 33.3 Å². The Kier molecular flexibility index (Phi) is 6.18. The maximum atomic E-state index is 11.9. The van der Waals surface area contributed by atoms with Gasteiger partial charge in [0.15, 0.2) is 5.75 Å². The molecule has 0 aliphatic heterocycles. The van der Waals surface area contributed by atoms with Crippen molar-refractivity contribution in [2.75, 3.05) is 6.61 Å². The quantitative estimate of drug-likeness (QED) is 0.610. The molecule has 0 heterocycles. The topological polar surface area (TPSA) is 107 Å². The molecule has 1 aromatic carbocycles. The number of nitrogens with one attached hydrogen (secondary N) is 1. The van der Waals surface area contributed by atoms with Gasteiger partial charge in [-0.25, -0.2) is 0 Å². The molecule has 0 spiro atoms. The normalized spacial score (nSPS) is 20.8. The summed E-state index contributed by atoms with van der Waals surface area (Å²) < 4.78 is 5.35. The van der Waals surface area contributed by atoms with Crippen LogP contribution in [0.15, 0.2) is 18.2 Å². The van der Waals surface area contributed by atoms with E-state index in [-0.39, 0.29) is 47.5 Å². The van der Waals surface area contributed by atoms with Gasteiger partial charge in [0.1, 0.15) is 0 Å². The Morgan fingerprint density at radius 3 is 2.74 bits per heavy atom. The second-order valence-electron chi connectivity index (χ2n) is 5.65. The Bertz CT molecular complexity index is 574. The van der Waals surface area contributed by atoms with Crippen LogP contribution in [0.1, 0.15) is 32.1 Å². The molecular formula is C15H20ClN3O4. The van der Waals surface area contributed by atoms with E-state index in [4.69, 9.17) is 22.1 Å². The average Bonchev–Trinajstić information content (AvgIpc) is 2.51. The predicted octanol–water partition coefficient (Wildman–Crippen LogP) is 2.40. The number of carbonyl (C=O) groups is 1. The first-order valence-electron chi connectivity index (χ1n) is 7.57. The van der Waals surface area contributed by atoms with Crippen LogP contribution in [0.25, 0.3) is 0 Å². The highest BCUT2D eigenvalue weighted by Crippen LogP contribution is 2.29. The first-order valence-corrected chi connectivity index (χ1v) is 7.95. The van der Waals surface area contributed by atoms with Crippen LogP contribution in [0, 0.1) is 10.1 Å². The van der Waals surface area contributed by atoms with E-state index in [9.17, 15) is 14.9 Å². The molecular weight excluding hydrogens is 322 g/mol. The van der Waals surface area contributed by atoms with Gasteiger partial charge in [-0.2, -0.15) is 0 Å². The molecule has 3 N–H and O–H groups in total. The third-order valence-electron chi connectivity index (χ3n) is 3.84. The Morgan fingerprint density at radius 2 is 2.09 bits per heavy atom. The minimum atomic E-state index is -0.563. The van der Waals surface area contributed by atoms with Crippen molar-refractivity contribution in [2.24, 2.45) is 5.73 Å². The number of benzene rings is 1. The van der Waals surface area contributed by atoms with E-state index in [0.29, 0.717) is 0 Å². The number of hydrogen-bond acceptors (Lipinski definition) is 5. The minimum Gasteiger partial charge on any atom is -0.486 e. The molecule has 1 aromatic rings. The molecule has 0 unspecified atom stereocenters. The van der Waals surface area contributed by atoms with Gasteiger partial charge in [0, 0.05) is 23.2 Å². The summed E-state index contributed by atoms with van der Waals surface area (Å²) in [4.78, 5) is 22.3. The number of nitrogens with two attached hydrogens (primary N) is 1. The van der Waals surface area contributed by atoms with Crippen molar-refractivity contribution >= 4 is 23.2 Å². The summed E-state index contributed by atoms with van der Waals surface area (Å²) in [5, 5.41) is 14.1. The number of rotatable bonds is 6. The van der Waals surface area contributed by atoms with E-state index in [0.717, 1.165) is 25.7 Å². The van der Waals surface area contributed by atoms with Crippen molar-refractivity contribution < 1.29 is 14.5 Å². The molecule has 23 heavy (non-hydrogen) atoms. The largest absolute Gasteiger partial charge is 0.486 e. The summed E-state index contributed by atoms with van der Waals surface area (Å²) >= 11 is 5.73. The Labute approximate surface area is 139 Å². The molecule has 8 heteroatoms. The van der Waals surface area contributed by atoms with Crippen LogP contribution in [0.3, 0.4) is 0 Å². The van der Waals surface area contributed by atoms with E-state index < -0.39 is 4.92 Å². The van der Waals surface area contributed by atoms with Gasteiger partial charge in [0.05, 0.1) is 18.0 Å². The van der Waals surface area contributed by atoms with Gasteiger partial charge in [-0.15, -0.1) is 0 Å².